The molecule has 10 nitrogen and oxygen atoms in total. The first-order valence-corrected chi connectivity index (χ1v) is 11.8. The molecule has 11 heteroatoms. The van der Waals surface area contributed by atoms with Gasteiger partial charge in [-0.15, -0.1) is 0 Å². The molecule has 1 aromatic heterocycles. The van der Waals surface area contributed by atoms with E-state index in [9.17, 15) is 18.6 Å². The molecule has 2 fully saturated rings. The van der Waals surface area contributed by atoms with Crippen LogP contribution in [0.25, 0.3) is 0 Å². The van der Waals surface area contributed by atoms with Crippen LogP contribution in [-0.4, -0.2) is 89.5 Å². The third-order valence-electron chi connectivity index (χ3n) is 6.03. The molecule has 0 aliphatic carbocycles. The van der Waals surface area contributed by atoms with Crippen molar-refractivity contribution in [1.82, 2.24) is 19.3 Å². The molecule has 2 N–H and O–H groups in total. The number of methoxy groups -OCH3 is 1. The highest BCUT2D eigenvalue weighted by atomic mass is 32.2. The average Bonchev–Trinajstić information content (AvgIpc) is 3.34. The lowest BCUT2D eigenvalue weighted by atomic mass is 9.93. The number of sulfonamides is 1. The summed E-state index contributed by atoms with van der Waals surface area (Å²) in [5.74, 6) is 1.26. The number of aromatic nitrogens is 2. The Morgan fingerprint density at radius 2 is 1.97 bits per heavy atom. The molecule has 3 heterocycles. The number of hydrogen-bond acceptors (Lipinski definition) is 9. The van der Waals surface area contributed by atoms with Crippen molar-refractivity contribution in [3.05, 3.63) is 42.0 Å². The van der Waals surface area contributed by atoms with Crippen molar-refractivity contribution in [2.45, 2.75) is 42.0 Å². The fourth-order valence-electron chi connectivity index (χ4n) is 4.27. The Bertz CT molecular complexity index is 977. The van der Waals surface area contributed by atoms with Crippen LogP contribution in [0.1, 0.15) is 30.5 Å². The van der Waals surface area contributed by atoms with Gasteiger partial charge in [-0.25, -0.2) is 8.42 Å². The van der Waals surface area contributed by atoms with Crippen LogP contribution in [0.4, 0.5) is 0 Å². The molecule has 4 rings (SSSR count). The van der Waals surface area contributed by atoms with Crippen molar-refractivity contribution in [3.8, 4) is 0 Å². The maximum atomic E-state index is 12.9. The first-order valence-electron chi connectivity index (χ1n) is 10.3. The Morgan fingerprint density at radius 3 is 2.65 bits per heavy atom. The summed E-state index contributed by atoms with van der Waals surface area (Å²) in [7, 11) is -2.21. The molecule has 0 unspecified atom stereocenters. The minimum absolute atomic E-state index is 0.130. The Balaban J connectivity index is 1.36. The van der Waals surface area contributed by atoms with Crippen LogP contribution < -0.4 is 0 Å². The number of benzene rings is 1. The Hall–Kier alpha value is -1.89. The molecule has 1 aromatic carbocycles. The molecule has 0 spiro atoms. The molecule has 31 heavy (non-hydrogen) atoms. The maximum absolute atomic E-state index is 12.9. The standard InChI is InChI=1S/C20H28N4O6S/c1-29-12-18-21-19(22-30-18)15-7-9-23(10-8-15)13-20(26)14-24(11-17(20)25)31(27,28)16-5-3-2-4-6-16/h2-6,15,17,25-26H,7-14H2,1H3/t17-,20+/m1/s1. The molecular weight excluding hydrogens is 424 g/mol. The van der Waals surface area contributed by atoms with Crippen LogP contribution >= 0.6 is 0 Å². The minimum atomic E-state index is -3.77. The quantitative estimate of drug-likeness (QED) is 0.605. The first-order chi connectivity index (χ1) is 14.8. The number of rotatable bonds is 7. The van der Waals surface area contributed by atoms with E-state index in [0.717, 1.165) is 17.1 Å². The van der Waals surface area contributed by atoms with Crippen LogP contribution in [0.5, 0.6) is 0 Å². The molecule has 2 saturated heterocycles. The van der Waals surface area contributed by atoms with Gasteiger partial charge >= 0.3 is 0 Å². The molecular formula is C20H28N4O6S. The van der Waals surface area contributed by atoms with Crippen molar-refractivity contribution in [2.75, 3.05) is 39.8 Å². The van der Waals surface area contributed by atoms with Gasteiger partial charge in [-0.1, -0.05) is 23.4 Å². The number of aliphatic hydroxyl groups excluding tert-OH is 1. The van der Waals surface area contributed by atoms with Gasteiger partial charge < -0.3 is 24.4 Å². The fourth-order valence-corrected chi connectivity index (χ4v) is 5.80. The van der Waals surface area contributed by atoms with Crippen LogP contribution in [0, 0.1) is 0 Å². The second-order valence-electron chi connectivity index (χ2n) is 8.26. The summed E-state index contributed by atoms with van der Waals surface area (Å²) in [6, 6.07) is 8.07. The van der Waals surface area contributed by atoms with Gasteiger partial charge in [-0.3, -0.25) is 0 Å². The summed E-state index contributed by atoms with van der Waals surface area (Å²) in [4.78, 5) is 6.56. The number of hydrogen-bond donors (Lipinski definition) is 2. The van der Waals surface area contributed by atoms with E-state index >= 15 is 0 Å². The number of nitrogens with zero attached hydrogens (tertiary/aromatic N) is 4. The lowest BCUT2D eigenvalue weighted by Gasteiger charge is -2.36. The third kappa shape index (κ3) is 4.66. The minimum Gasteiger partial charge on any atom is -0.389 e. The van der Waals surface area contributed by atoms with E-state index < -0.39 is 21.7 Å². The molecule has 0 saturated carbocycles. The zero-order valence-corrected chi connectivity index (χ0v) is 18.2. The average molecular weight is 453 g/mol. The van der Waals surface area contributed by atoms with Crippen LogP contribution in [0.15, 0.2) is 39.8 Å². The van der Waals surface area contributed by atoms with E-state index in [1.165, 1.54) is 12.1 Å². The summed E-state index contributed by atoms with van der Waals surface area (Å²) in [5.41, 5.74) is -1.52. The van der Waals surface area contributed by atoms with Crippen LogP contribution in [0.2, 0.25) is 0 Å². The van der Waals surface area contributed by atoms with Crippen molar-refractivity contribution in [2.24, 2.45) is 0 Å². The fraction of sp³-hybridized carbons (Fsp3) is 0.600. The van der Waals surface area contributed by atoms with E-state index in [0.29, 0.717) is 24.8 Å². The van der Waals surface area contributed by atoms with Gasteiger partial charge in [0.15, 0.2) is 5.82 Å². The molecule has 2 aliphatic heterocycles. The zero-order chi connectivity index (χ0) is 22.1. The van der Waals surface area contributed by atoms with Crippen molar-refractivity contribution in [3.63, 3.8) is 0 Å². The van der Waals surface area contributed by atoms with E-state index in [-0.39, 0.29) is 37.1 Å². The van der Waals surface area contributed by atoms with E-state index in [1.54, 1.807) is 25.3 Å². The monoisotopic (exact) mass is 452 g/mol. The summed E-state index contributed by atoms with van der Waals surface area (Å²) < 4.78 is 37.1. The van der Waals surface area contributed by atoms with Gasteiger partial charge in [-0.2, -0.15) is 9.29 Å². The van der Waals surface area contributed by atoms with Gasteiger partial charge in [0.05, 0.1) is 11.0 Å². The predicted octanol–water partition coefficient (Wildman–Crippen LogP) is 0.192. The molecule has 2 aromatic rings. The predicted molar refractivity (Wildman–Crippen MR) is 110 cm³/mol. The highest BCUT2D eigenvalue weighted by Gasteiger charge is 2.49. The molecule has 170 valence electrons. The number of piperidine rings is 1. The van der Waals surface area contributed by atoms with E-state index in [4.69, 9.17) is 9.26 Å². The van der Waals surface area contributed by atoms with E-state index in [1.807, 2.05) is 0 Å². The molecule has 0 amide bonds. The molecule has 0 bridgehead atoms. The lowest BCUT2D eigenvalue weighted by Crippen LogP contribution is -2.53. The van der Waals surface area contributed by atoms with Crippen LogP contribution in [0.3, 0.4) is 0 Å². The summed E-state index contributed by atoms with van der Waals surface area (Å²) in [6.45, 7) is 1.56. The van der Waals surface area contributed by atoms with Gasteiger partial charge in [0, 0.05) is 32.7 Å². The second-order valence-corrected chi connectivity index (χ2v) is 10.2. The number of β-amino-alcohol motifs (C(OH)–C–C–N with tert-alkyl or cyclic N) is 2. The number of aliphatic hydroxyl groups is 2. The van der Waals surface area contributed by atoms with Crippen molar-refractivity contribution >= 4 is 10.0 Å². The summed E-state index contributed by atoms with van der Waals surface area (Å²) in [5, 5.41) is 25.6. The van der Waals surface area contributed by atoms with Crippen molar-refractivity contribution in [1.29, 1.82) is 0 Å². The molecule has 2 atom stereocenters. The first kappa shape index (κ1) is 22.3. The SMILES string of the molecule is COCc1nc(C2CCN(C[C@]3(O)CN(S(=O)(=O)c4ccccc4)C[C@H]3O)CC2)no1. The van der Waals surface area contributed by atoms with Crippen molar-refractivity contribution < 1.29 is 27.9 Å². The summed E-state index contributed by atoms with van der Waals surface area (Å²) in [6.07, 6.45) is 0.409. The number of ether oxygens (including phenoxy) is 1. The second kappa shape index (κ2) is 8.93. The van der Waals surface area contributed by atoms with Gasteiger partial charge in [-0.05, 0) is 38.1 Å². The van der Waals surface area contributed by atoms with Crippen LogP contribution in [-0.2, 0) is 21.4 Å². The largest absolute Gasteiger partial charge is 0.389 e. The smallest absolute Gasteiger partial charge is 0.252 e. The maximum Gasteiger partial charge on any atom is 0.252 e. The molecule has 2 aliphatic rings. The van der Waals surface area contributed by atoms with Gasteiger partial charge in [0.2, 0.25) is 10.0 Å². The lowest BCUT2D eigenvalue weighted by molar-refractivity contribution is -0.0640. The number of likely N-dealkylation sites (tertiary alicyclic amines) is 1. The third-order valence-corrected chi connectivity index (χ3v) is 7.86. The van der Waals surface area contributed by atoms with Gasteiger partial charge in [0.25, 0.3) is 5.89 Å². The Labute approximate surface area is 181 Å². The summed E-state index contributed by atoms with van der Waals surface area (Å²) >= 11 is 0. The molecule has 0 radical (unpaired) electrons. The Morgan fingerprint density at radius 1 is 1.26 bits per heavy atom. The highest BCUT2D eigenvalue weighted by molar-refractivity contribution is 7.89. The van der Waals surface area contributed by atoms with E-state index in [2.05, 4.69) is 15.0 Å². The zero-order valence-electron chi connectivity index (χ0n) is 17.4. The topological polar surface area (TPSA) is 129 Å². The van der Waals surface area contributed by atoms with Gasteiger partial charge in [0.1, 0.15) is 12.2 Å². The Kier molecular flexibility index (Phi) is 6.42. The normalized spacial score (nSPS) is 26.5. The highest BCUT2D eigenvalue weighted by Crippen LogP contribution is 2.31.